The average Bonchev–Trinajstić information content (AvgIpc) is 2.93. The number of fused-ring (bicyclic) bond motifs is 2. The Morgan fingerprint density at radius 3 is 2.50 bits per heavy atom. The van der Waals surface area contributed by atoms with Crippen LogP contribution in [0.25, 0.3) is 0 Å². The van der Waals surface area contributed by atoms with Gasteiger partial charge in [-0.1, -0.05) is 18.2 Å². The van der Waals surface area contributed by atoms with Gasteiger partial charge in [-0.25, -0.2) is 13.2 Å². The highest BCUT2D eigenvalue weighted by molar-refractivity contribution is 7.89. The Bertz CT molecular complexity index is 1040. The lowest BCUT2D eigenvalue weighted by atomic mass is 9.86. The summed E-state index contributed by atoms with van der Waals surface area (Å²) in [6.45, 7) is 4.19. The first-order chi connectivity index (χ1) is 13.3. The van der Waals surface area contributed by atoms with Gasteiger partial charge >= 0.3 is 5.97 Å². The van der Waals surface area contributed by atoms with Crippen molar-refractivity contribution < 1.29 is 22.7 Å². The van der Waals surface area contributed by atoms with E-state index in [1.165, 1.54) is 4.31 Å². The van der Waals surface area contributed by atoms with Crippen molar-refractivity contribution in [3.63, 3.8) is 0 Å². The van der Waals surface area contributed by atoms with Crippen LogP contribution in [0, 0.1) is 13.8 Å². The molecule has 0 bridgehead atoms. The predicted molar refractivity (Wildman–Crippen MR) is 104 cm³/mol. The number of carbonyl (C=O) groups is 1. The molecule has 1 atom stereocenters. The van der Waals surface area contributed by atoms with E-state index in [-0.39, 0.29) is 17.4 Å². The number of carbonyl (C=O) groups excluding carboxylic acids is 1. The van der Waals surface area contributed by atoms with Crippen molar-refractivity contribution in [3.05, 3.63) is 58.7 Å². The Balaban J connectivity index is 1.72. The van der Waals surface area contributed by atoms with Gasteiger partial charge in [0.15, 0.2) is 5.60 Å². The highest BCUT2D eigenvalue weighted by atomic mass is 32.2. The fraction of sp³-hybridized carbons (Fsp3) is 0.381. The number of hydrogen-bond donors (Lipinski definition) is 0. The molecule has 1 spiro atoms. The smallest absolute Gasteiger partial charge is 0.339 e. The van der Waals surface area contributed by atoms with Gasteiger partial charge in [0.05, 0.1) is 24.1 Å². The number of hydrogen-bond acceptors (Lipinski definition) is 5. The molecule has 0 aliphatic carbocycles. The van der Waals surface area contributed by atoms with Gasteiger partial charge in [-0.2, -0.15) is 4.31 Å². The maximum atomic E-state index is 13.4. The fourth-order valence-electron chi connectivity index (χ4n) is 4.37. The topological polar surface area (TPSA) is 72.9 Å². The summed E-state index contributed by atoms with van der Waals surface area (Å²) in [6.07, 6.45) is 1.23. The van der Waals surface area contributed by atoms with Crippen LogP contribution < -0.4 is 4.74 Å². The largest absolute Gasteiger partial charge is 0.496 e. The normalized spacial score (nSPS) is 22.2. The molecule has 2 aliphatic heterocycles. The Morgan fingerprint density at radius 1 is 1.14 bits per heavy atom. The zero-order valence-corrected chi connectivity index (χ0v) is 17.0. The van der Waals surface area contributed by atoms with Crippen molar-refractivity contribution in [1.82, 2.24) is 4.31 Å². The molecule has 0 radical (unpaired) electrons. The van der Waals surface area contributed by atoms with Crippen molar-refractivity contribution in [2.24, 2.45) is 0 Å². The molecule has 28 heavy (non-hydrogen) atoms. The Kier molecular flexibility index (Phi) is 4.47. The molecule has 1 fully saturated rings. The number of piperidine rings is 1. The van der Waals surface area contributed by atoms with Crippen LogP contribution in [0.4, 0.5) is 0 Å². The fourth-order valence-corrected chi connectivity index (χ4v) is 6.07. The minimum atomic E-state index is -3.73. The zero-order valence-electron chi connectivity index (χ0n) is 16.2. The van der Waals surface area contributed by atoms with Gasteiger partial charge < -0.3 is 9.47 Å². The van der Waals surface area contributed by atoms with Crippen molar-refractivity contribution in [2.45, 2.75) is 37.2 Å². The van der Waals surface area contributed by atoms with Crippen LogP contribution >= 0.6 is 0 Å². The molecular formula is C21H23NO5S. The molecule has 2 aliphatic rings. The van der Waals surface area contributed by atoms with Gasteiger partial charge in [0, 0.05) is 12.1 Å². The number of benzene rings is 2. The van der Waals surface area contributed by atoms with Crippen LogP contribution in [0.5, 0.6) is 5.75 Å². The van der Waals surface area contributed by atoms with Crippen molar-refractivity contribution in [2.75, 3.05) is 20.2 Å². The van der Waals surface area contributed by atoms with Crippen LogP contribution in [-0.2, 0) is 20.4 Å². The molecule has 0 N–H and O–H groups in total. The number of esters is 1. The molecule has 0 saturated carbocycles. The molecule has 2 aromatic carbocycles. The quantitative estimate of drug-likeness (QED) is 0.739. The van der Waals surface area contributed by atoms with E-state index in [9.17, 15) is 13.2 Å². The first-order valence-corrected chi connectivity index (χ1v) is 10.7. The van der Waals surface area contributed by atoms with E-state index in [4.69, 9.17) is 9.47 Å². The van der Waals surface area contributed by atoms with Crippen LogP contribution in [-0.4, -0.2) is 38.9 Å². The molecule has 0 aromatic heterocycles. The van der Waals surface area contributed by atoms with Gasteiger partial charge in [-0.05, 0) is 56.0 Å². The zero-order chi connectivity index (χ0) is 20.1. The minimum absolute atomic E-state index is 0.127. The molecule has 2 aromatic rings. The summed E-state index contributed by atoms with van der Waals surface area (Å²) in [5.41, 5.74) is 1.94. The second-order valence-electron chi connectivity index (χ2n) is 7.46. The summed E-state index contributed by atoms with van der Waals surface area (Å²) in [5.74, 6) is 0.304. The van der Waals surface area contributed by atoms with E-state index < -0.39 is 15.6 Å². The van der Waals surface area contributed by atoms with Crippen LogP contribution in [0.2, 0.25) is 0 Å². The molecule has 6 nitrogen and oxygen atoms in total. The summed E-state index contributed by atoms with van der Waals surface area (Å²) in [4.78, 5) is 12.6. The van der Waals surface area contributed by atoms with Gasteiger partial charge in [0.1, 0.15) is 5.75 Å². The van der Waals surface area contributed by atoms with E-state index in [0.29, 0.717) is 30.7 Å². The van der Waals surface area contributed by atoms with E-state index >= 15 is 0 Å². The molecule has 2 heterocycles. The molecular weight excluding hydrogens is 378 g/mol. The summed E-state index contributed by atoms with van der Waals surface area (Å²) in [5, 5.41) is 0. The SMILES string of the molecule is COc1c(C)cc(S(=O)(=O)N2CCCC3(C2)OC(=O)c2ccccc23)cc1C. The summed E-state index contributed by atoms with van der Waals surface area (Å²) in [7, 11) is -2.16. The second-order valence-corrected chi connectivity index (χ2v) is 9.40. The number of aryl methyl sites for hydroxylation is 2. The third-order valence-corrected chi connectivity index (χ3v) is 7.44. The maximum Gasteiger partial charge on any atom is 0.339 e. The van der Waals surface area contributed by atoms with Crippen LogP contribution in [0.3, 0.4) is 0 Å². The van der Waals surface area contributed by atoms with Crippen LogP contribution in [0.15, 0.2) is 41.3 Å². The molecule has 1 saturated heterocycles. The van der Waals surface area contributed by atoms with E-state index in [0.717, 1.165) is 16.7 Å². The highest BCUT2D eigenvalue weighted by Crippen LogP contribution is 2.44. The summed E-state index contributed by atoms with van der Waals surface area (Å²) >= 11 is 0. The third-order valence-electron chi connectivity index (χ3n) is 5.62. The number of nitrogens with zero attached hydrogens (tertiary/aromatic N) is 1. The molecule has 0 amide bonds. The van der Waals surface area contributed by atoms with Gasteiger partial charge in [0.25, 0.3) is 0 Å². The summed E-state index contributed by atoms with van der Waals surface area (Å²) < 4.78 is 39.3. The molecule has 148 valence electrons. The highest BCUT2D eigenvalue weighted by Gasteiger charge is 2.50. The number of ether oxygens (including phenoxy) is 2. The van der Waals surface area contributed by atoms with Crippen molar-refractivity contribution in [1.29, 1.82) is 0 Å². The number of sulfonamides is 1. The number of rotatable bonds is 3. The Hall–Kier alpha value is -2.38. The Morgan fingerprint density at radius 2 is 1.82 bits per heavy atom. The van der Waals surface area contributed by atoms with Crippen LogP contribution in [0.1, 0.15) is 39.9 Å². The first-order valence-electron chi connectivity index (χ1n) is 9.27. The molecule has 1 unspecified atom stereocenters. The van der Waals surface area contributed by atoms with E-state index in [1.807, 2.05) is 26.0 Å². The van der Waals surface area contributed by atoms with Gasteiger partial charge in [-0.15, -0.1) is 0 Å². The molecule has 7 heteroatoms. The minimum Gasteiger partial charge on any atom is -0.496 e. The predicted octanol–water partition coefficient (Wildman–Crippen LogP) is 3.16. The second kappa shape index (κ2) is 6.60. The lowest BCUT2D eigenvalue weighted by Gasteiger charge is -2.38. The maximum absolute atomic E-state index is 13.4. The Labute approximate surface area is 165 Å². The monoisotopic (exact) mass is 401 g/mol. The lowest BCUT2D eigenvalue weighted by molar-refractivity contribution is -0.0345. The third kappa shape index (κ3) is 2.81. The summed E-state index contributed by atoms with van der Waals surface area (Å²) in [6, 6.07) is 10.5. The standard InChI is InChI=1S/C21H23NO5S/c1-14-11-16(12-15(2)19(14)26-3)28(24,25)22-10-6-9-21(13-22)18-8-5-4-7-17(18)20(23)27-21/h4-5,7-8,11-12H,6,9-10,13H2,1-3H3. The lowest BCUT2D eigenvalue weighted by Crippen LogP contribution is -2.48. The van der Waals surface area contributed by atoms with Gasteiger partial charge in [0.2, 0.25) is 10.0 Å². The van der Waals surface area contributed by atoms with Crippen molar-refractivity contribution >= 4 is 16.0 Å². The average molecular weight is 401 g/mol. The number of methoxy groups -OCH3 is 1. The molecule has 4 rings (SSSR count). The van der Waals surface area contributed by atoms with E-state index in [1.54, 1.807) is 31.4 Å². The van der Waals surface area contributed by atoms with E-state index in [2.05, 4.69) is 0 Å². The van der Waals surface area contributed by atoms with Crippen molar-refractivity contribution in [3.8, 4) is 5.75 Å². The first kappa shape index (κ1) is 19.0. The van der Waals surface area contributed by atoms with Gasteiger partial charge in [-0.3, -0.25) is 0 Å².